The molecule has 0 unspecified atom stereocenters. The number of nitrogens with zero attached hydrogens (tertiary/aromatic N) is 1. The first-order chi connectivity index (χ1) is 8.22. The van der Waals surface area contributed by atoms with E-state index < -0.39 is 0 Å². The Morgan fingerprint density at radius 3 is 2.88 bits per heavy atom. The minimum Gasteiger partial charge on any atom is -0.496 e. The highest BCUT2D eigenvalue weighted by atomic mass is 16.5. The van der Waals surface area contributed by atoms with Gasteiger partial charge < -0.3 is 21.0 Å². The third-order valence-electron chi connectivity index (χ3n) is 2.43. The Hall–Kier alpha value is -1.75. The highest BCUT2D eigenvalue weighted by Gasteiger charge is 2.06. The molecule has 0 aliphatic rings. The maximum Gasteiger partial charge on any atom is 0.170 e. The van der Waals surface area contributed by atoms with E-state index >= 15 is 0 Å². The molecule has 0 heterocycles. The Morgan fingerprint density at radius 2 is 2.29 bits per heavy atom. The second-order valence-corrected chi connectivity index (χ2v) is 3.69. The van der Waals surface area contributed by atoms with Crippen LogP contribution >= 0.6 is 0 Å². The topological polar surface area (TPSA) is 79.9 Å². The number of ether oxygens (including phenoxy) is 1. The van der Waals surface area contributed by atoms with E-state index in [9.17, 15) is 0 Å². The Kier molecular flexibility index (Phi) is 5.29. The maximum atomic E-state index is 8.64. The minimum absolute atomic E-state index is 0.101. The van der Waals surface area contributed by atoms with Gasteiger partial charge in [-0.05, 0) is 31.2 Å². The Balaban J connectivity index is 2.90. The van der Waals surface area contributed by atoms with Crippen LogP contribution < -0.4 is 15.8 Å². The van der Waals surface area contributed by atoms with Crippen molar-refractivity contribution in [2.24, 2.45) is 10.9 Å². The Bertz CT molecular complexity index is 391. The molecule has 0 aliphatic heterocycles. The van der Waals surface area contributed by atoms with Gasteiger partial charge in [-0.3, -0.25) is 0 Å². The Labute approximate surface area is 101 Å². The number of oxime groups is 1. The molecule has 0 bridgehead atoms. The lowest BCUT2D eigenvalue weighted by Gasteiger charge is -2.11. The van der Waals surface area contributed by atoms with E-state index in [0.29, 0.717) is 12.1 Å². The summed E-state index contributed by atoms with van der Waals surface area (Å²) in [4.78, 5) is 0. The quantitative estimate of drug-likeness (QED) is 0.229. The van der Waals surface area contributed by atoms with Gasteiger partial charge in [-0.1, -0.05) is 12.1 Å². The van der Waals surface area contributed by atoms with Gasteiger partial charge in [-0.25, -0.2) is 0 Å². The van der Waals surface area contributed by atoms with Crippen molar-refractivity contribution in [2.45, 2.75) is 19.9 Å². The SMILES string of the molecule is CCCNCc1cc(/C(N)=N/O)ccc1OC. The fourth-order valence-electron chi connectivity index (χ4n) is 1.53. The van der Waals surface area contributed by atoms with Crippen LogP contribution in [0.4, 0.5) is 0 Å². The summed E-state index contributed by atoms with van der Waals surface area (Å²) in [5.41, 5.74) is 7.22. The van der Waals surface area contributed by atoms with Gasteiger partial charge in [0.05, 0.1) is 7.11 Å². The van der Waals surface area contributed by atoms with E-state index in [1.807, 2.05) is 12.1 Å². The van der Waals surface area contributed by atoms with E-state index in [1.165, 1.54) is 0 Å². The second kappa shape index (κ2) is 6.75. The zero-order valence-corrected chi connectivity index (χ0v) is 10.2. The molecule has 0 amide bonds. The van der Waals surface area contributed by atoms with Gasteiger partial charge in [0.2, 0.25) is 0 Å². The number of benzene rings is 1. The third-order valence-corrected chi connectivity index (χ3v) is 2.43. The van der Waals surface area contributed by atoms with Crippen molar-refractivity contribution >= 4 is 5.84 Å². The maximum absolute atomic E-state index is 8.64. The standard InChI is InChI=1S/C12H19N3O2/c1-3-6-14-8-10-7-9(12(13)15-16)4-5-11(10)17-2/h4-5,7,14,16H,3,6,8H2,1-2H3,(H2,13,15). The molecule has 5 heteroatoms. The van der Waals surface area contributed by atoms with Crippen molar-refractivity contribution in [3.63, 3.8) is 0 Å². The molecule has 4 N–H and O–H groups in total. The summed E-state index contributed by atoms with van der Waals surface area (Å²) in [7, 11) is 1.63. The molecular formula is C12H19N3O2. The molecule has 0 fully saturated rings. The van der Waals surface area contributed by atoms with Crippen LogP contribution in [0.5, 0.6) is 5.75 Å². The van der Waals surface area contributed by atoms with Crippen molar-refractivity contribution in [3.8, 4) is 5.75 Å². The van der Waals surface area contributed by atoms with Crippen LogP contribution in [0.1, 0.15) is 24.5 Å². The lowest BCUT2D eigenvalue weighted by molar-refractivity contribution is 0.318. The summed E-state index contributed by atoms with van der Waals surface area (Å²) in [6, 6.07) is 5.43. The predicted octanol–water partition coefficient (Wildman–Crippen LogP) is 1.29. The summed E-state index contributed by atoms with van der Waals surface area (Å²) in [6.45, 7) is 3.75. The van der Waals surface area contributed by atoms with Gasteiger partial charge in [0.25, 0.3) is 0 Å². The first-order valence-corrected chi connectivity index (χ1v) is 5.58. The second-order valence-electron chi connectivity index (χ2n) is 3.69. The number of amidine groups is 1. The summed E-state index contributed by atoms with van der Waals surface area (Å²) < 4.78 is 5.26. The van der Waals surface area contributed by atoms with Crippen molar-refractivity contribution in [3.05, 3.63) is 29.3 Å². The van der Waals surface area contributed by atoms with E-state index in [4.69, 9.17) is 15.7 Å². The van der Waals surface area contributed by atoms with Gasteiger partial charge in [0, 0.05) is 17.7 Å². The first kappa shape index (κ1) is 13.3. The molecule has 0 aliphatic carbocycles. The highest BCUT2D eigenvalue weighted by Crippen LogP contribution is 2.19. The lowest BCUT2D eigenvalue weighted by atomic mass is 10.1. The average molecular weight is 237 g/mol. The molecule has 0 saturated heterocycles. The van der Waals surface area contributed by atoms with Crippen LogP contribution in [0, 0.1) is 0 Å². The molecule has 0 aromatic heterocycles. The molecule has 1 aromatic rings. The summed E-state index contributed by atoms with van der Waals surface area (Å²) in [5.74, 6) is 0.896. The molecule has 94 valence electrons. The molecular weight excluding hydrogens is 218 g/mol. The van der Waals surface area contributed by atoms with Crippen LogP contribution in [-0.2, 0) is 6.54 Å². The van der Waals surface area contributed by atoms with Crippen LogP contribution in [-0.4, -0.2) is 24.7 Å². The number of rotatable bonds is 6. The monoisotopic (exact) mass is 237 g/mol. The van der Waals surface area contributed by atoms with Crippen LogP contribution in [0.3, 0.4) is 0 Å². The normalized spacial score (nSPS) is 11.5. The van der Waals surface area contributed by atoms with Crippen molar-refractivity contribution in [1.29, 1.82) is 0 Å². The third kappa shape index (κ3) is 3.64. The van der Waals surface area contributed by atoms with Crippen LogP contribution in [0.25, 0.3) is 0 Å². The molecule has 5 nitrogen and oxygen atoms in total. The molecule has 1 rings (SSSR count). The number of methoxy groups -OCH3 is 1. The summed E-state index contributed by atoms with van der Waals surface area (Å²) in [5, 5.41) is 14.9. The van der Waals surface area contributed by atoms with E-state index in [0.717, 1.165) is 24.3 Å². The molecule has 17 heavy (non-hydrogen) atoms. The van der Waals surface area contributed by atoms with Gasteiger partial charge in [-0.15, -0.1) is 0 Å². The van der Waals surface area contributed by atoms with Crippen molar-refractivity contribution < 1.29 is 9.94 Å². The van der Waals surface area contributed by atoms with E-state index in [-0.39, 0.29) is 5.84 Å². The molecule has 0 atom stereocenters. The summed E-state index contributed by atoms with van der Waals surface area (Å²) in [6.07, 6.45) is 1.07. The van der Waals surface area contributed by atoms with Crippen molar-refractivity contribution in [1.82, 2.24) is 5.32 Å². The summed E-state index contributed by atoms with van der Waals surface area (Å²) >= 11 is 0. The fourth-order valence-corrected chi connectivity index (χ4v) is 1.53. The fraction of sp³-hybridized carbons (Fsp3) is 0.417. The predicted molar refractivity (Wildman–Crippen MR) is 67.5 cm³/mol. The minimum atomic E-state index is 0.101. The highest BCUT2D eigenvalue weighted by molar-refractivity contribution is 5.97. The van der Waals surface area contributed by atoms with Crippen LogP contribution in [0.15, 0.2) is 23.4 Å². The molecule has 0 saturated carbocycles. The number of nitrogens with one attached hydrogen (secondary N) is 1. The number of nitrogens with two attached hydrogens (primary N) is 1. The smallest absolute Gasteiger partial charge is 0.170 e. The largest absolute Gasteiger partial charge is 0.496 e. The zero-order chi connectivity index (χ0) is 12.7. The van der Waals surface area contributed by atoms with Gasteiger partial charge in [-0.2, -0.15) is 0 Å². The molecule has 0 radical (unpaired) electrons. The lowest BCUT2D eigenvalue weighted by Crippen LogP contribution is -2.17. The Morgan fingerprint density at radius 1 is 1.53 bits per heavy atom. The van der Waals surface area contributed by atoms with Gasteiger partial charge in [0.15, 0.2) is 5.84 Å². The van der Waals surface area contributed by atoms with Crippen LogP contribution in [0.2, 0.25) is 0 Å². The van der Waals surface area contributed by atoms with E-state index in [1.54, 1.807) is 13.2 Å². The average Bonchev–Trinajstić information content (AvgIpc) is 2.38. The molecule has 1 aromatic carbocycles. The molecule has 0 spiro atoms. The number of hydrogen-bond donors (Lipinski definition) is 3. The first-order valence-electron chi connectivity index (χ1n) is 5.58. The van der Waals surface area contributed by atoms with Gasteiger partial charge in [0.1, 0.15) is 5.75 Å². The zero-order valence-electron chi connectivity index (χ0n) is 10.2. The van der Waals surface area contributed by atoms with E-state index in [2.05, 4.69) is 17.4 Å². The van der Waals surface area contributed by atoms with Crippen molar-refractivity contribution in [2.75, 3.05) is 13.7 Å². The number of hydrogen-bond acceptors (Lipinski definition) is 4. The van der Waals surface area contributed by atoms with Gasteiger partial charge >= 0.3 is 0 Å².